The fourth-order valence-electron chi connectivity index (χ4n) is 18.7. The molecule has 0 amide bonds. The summed E-state index contributed by atoms with van der Waals surface area (Å²) in [6.45, 7) is -14.6. The molecule has 0 aromatic heterocycles. The lowest BCUT2D eigenvalue weighted by Gasteiger charge is -2.51. The number of hydrogen-bond acceptors (Lipinski definition) is 62. The monoisotopic (exact) mass is 2030 g/mol. The van der Waals surface area contributed by atoms with Gasteiger partial charge in [-0.15, -0.1) is 0 Å². The molecule has 44 saturated heterocycles. The van der Waals surface area contributed by atoms with Gasteiger partial charge in [0.2, 0.25) is 0 Å². The van der Waals surface area contributed by atoms with Gasteiger partial charge in [0.05, 0.1) is 92.1 Å². The number of aliphatic hydroxyl groups is 34. The summed E-state index contributed by atoms with van der Waals surface area (Å²) >= 11 is 0. The van der Waals surface area contributed by atoms with Crippen molar-refractivity contribution in [2.24, 2.45) is 0 Å². The Morgan fingerprint density at radius 1 is 0.145 bits per heavy atom. The second-order valence-corrected chi connectivity index (χ2v) is 35.1. The maximum absolute atomic E-state index is 14.7. The zero-order valence-electron chi connectivity index (χ0n) is 72.2. The van der Waals surface area contributed by atoms with Gasteiger partial charge in [-0.1, -0.05) is 0 Å². The molecule has 62 nitrogen and oxygen atoms in total. The van der Waals surface area contributed by atoms with Crippen molar-refractivity contribution in [2.75, 3.05) is 79.3 Å². The zero-order valence-corrected chi connectivity index (χ0v) is 72.2. The summed E-state index contributed by atoms with van der Waals surface area (Å²) in [5.41, 5.74) is 0. The quantitative estimate of drug-likeness (QED) is 0.0601. The lowest BCUT2D eigenvalue weighted by molar-refractivity contribution is -0.404. The Labute approximate surface area is 776 Å². The maximum atomic E-state index is 14.7. The van der Waals surface area contributed by atoms with E-state index in [1.807, 2.05) is 0 Å². The van der Waals surface area contributed by atoms with Crippen molar-refractivity contribution in [2.45, 2.75) is 381 Å². The molecule has 44 aliphatic rings. The van der Waals surface area contributed by atoms with Gasteiger partial charge in [0.15, 0.2) is 87.7 Å². The highest BCUT2D eigenvalue weighted by Crippen LogP contribution is 2.44. The first-order valence-electron chi connectivity index (χ1n) is 44.2. The molecule has 34 N–H and O–H groups in total. The summed E-state index contributed by atoms with van der Waals surface area (Å²) in [5, 5.41) is 387. The number of carbonyl (C=O) groups is 2. The molecule has 44 aliphatic heterocycles. The van der Waals surface area contributed by atoms with Gasteiger partial charge < -0.3 is 297 Å². The Morgan fingerprint density at radius 3 is 0.362 bits per heavy atom. The van der Waals surface area contributed by atoms with Crippen molar-refractivity contribution in [3.63, 3.8) is 0 Å². The first-order chi connectivity index (χ1) is 65.8. The molecule has 0 radical (unpaired) electrons. The van der Waals surface area contributed by atoms with Gasteiger partial charge in [-0.3, -0.25) is 9.59 Å². The van der Waals surface area contributed by atoms with Crippen molar-refractivity contribution in [1.29, 1.82) is 0 Å². The fraction of sp³-hybridized carbons (Fsp3) is 0.974. The highest BCUT2D eigenvalue weighted by molar-refractivity contribution is 5.78. The molecule has 44 fully saturated rings. The Kier molecular flexibility index (Phi) is 37.9. The molecule has 798 valence electrons. The van der Waals surface area contributed by atoms with E-state index in [4.69, 9.17) is 123 Å². The van der Waals surface area contributed by atoms with Crippen LogP contribution in [-0.2, 0) is 133 Å². The van der Waals surface area contributed by atoms with Crippen LogP contribution >= 0.6 is 0 Å². The SMILES string of the molecule is O=C(CCC(=O)O[C@@H]1[C@@H](O)[C@H]2O[C@H]3[C@H](O)[C@@H](O)[C@@H](O[C@H]4[C@H](O)[C@@H](O)[C@@H](O[C@H]5[C@H](O)[C@@H](O)[C@@H](O[C@H]6[C@H](O)[C@@H](O)[C@@H](O[C@H]7[C@H](O)[C@@H](O)[C@@H](O[C@H]1[C@@H](CO)O2)O[C@@H]7CO)O[C@@H]6CO)O[C@@H]5CO)O[C@@H]4CO)O[C@@H]3CO)O[C@@H]1[C@@H](O)[C@H]2O[C@H]3[C@H](O)[C@@H](O)[C@@H](O[C@H]4[C@H](O)[C@@H](O)[C@@H](O[C@H]5[C@H](O)[C@@H](O)[C@@H](O[C@H]6[C@H](O)[C@@H](O)[C@@H](O[C@H]7[C@H](O)[C@@H](O)[C@@H](O[C@H]1[C@@H](CO)O2)O[C@@H]7CO)O[C@@H]6CO)O[C@@H]5CO)O[C@@H]4CO)O[C@@H]3CO. The zero-order chi connectivity index (χ0) is 100. The van der Waals surface area contributed by atoms with Gasteiger partial charge in [0.1, 0.15) is 281 Å². The Hall–Kier alpha value is -3.38. The van der Waals surface area contributed by atoms with Crippen LogP contribution in [0.15, 0.2) is 0 Å². The van der Waals surface area contributed by atoms with E-state index in [2.05, 4.69) is 0 Å². The van der Waals surface area contributed by atoms with Gasteiger partial charge in [0, 0.05) is 0 Å². The summed E-state index contributed by atoms with van der Waals surface area (Å²) in [6.07, 6.45) is -136. The van der Waals surface area contributed by atoms with Crippen LogP contribution < -0.4 is 0 Å². The Balaban J connectivity index is 0.743. The van der Waals surface area contributed by atoms with Crippen LogP contribution in [0.1, 0.15) is 12.8 Å². The third kappa shape index (κ3) is 22.2. The summed E-state index contributed by atoms with van der Waals surface area (Å²) in [6, 6.07) is 0. The van der Waals surface area contributed by atoms with E-state index in [-0.39, 0.29) is 0 Å². The highest BCUT2D eigenvalue weighted by atomic mass is 16.8. The van der Waals surface area contributed by atoms with Crippen molar-refractivity contribution in [3.05, 3.63) is 0 Å². The van der Waals surface area contributed by atoms with Gasteiger partial charge in [-0.25, -0.2) is 0 Å². The van der Waals surface area contributed by atoms with Gasteiger partial charge in [0.25, 0.3) is 0 Å². The molecule has 24 bridgehead atoms. The van der Waals surface area contributed by atoms with Crippen LogP contribution in [0.5, 0.6) is 0 Å². The number of hydrogen-bond donors (Lipinski definition) is 34. The first kappa shape index (κ1) is 110. The van der Waals surface area contributed by atoms with Crippen molar-refractivity contribution >= 4 is 11.9 Å². The molecule has 62 heteroatoms. The third-order valence-corrected chi connectivity index (χ3v) is 26.4. The molecule has 0 aromatic rings. The second-order valence-electron chi connectivity index (χ2n) is 35.1. The number of rotatable bonds is 17. The van der Waals surface area contributed by atoms with Gasteiger partial charge in [-0.2, -0.15) is 0 Å². The molecule has 44 rings (SSSR count). The van der Waals surface area contributed by atoms with E-state index in [9.17, 15) is 183 Å². The smallest absolute Gasteiger partial charge is 0.306 e. The lowest BCUT2D eigenvalue weighted by atomic mass is 9.94. The fourth-order valence-corrected chi connectivity index (χ4v) is 18.7. The molecular weight excluding hydrogens is 1900 g/mol. The van der Waals surface area contributed by atoms with Crippen LogP contribution in [0.2, 0.25) is 0 Å². The van der Waals surface area contributed by atoms with Crippen LogP contribution in [0, 0.1) is 0 Å². The van der Waals surface area contributed by atoms with E-state index in [0.717, 1.165) is 0 Å². The van der Waals surface area contributed by atoms with Crippen molar-refractivity contribution < 1.29 is 306 Å². The predicted octanol–water partition coefficient (Wildman–Crippen LogP) is -25.2. The topological polar surface area (TPSA) is 962 Å². The lowest BCUT2D eigenvalue weighted by Crippen LogP contribution is -2.69. The predicted molar refractivity (Wildman–Crippen MR) is 409 cm³/mol. The van der Waals surface area contributed by atoms with Crippen molar-refractivity contribution in [3.8, 4) is 0 Å². The van der Waals surface area contributed by atoms with Crippen LogP contribution in [0.25, 0.3) is 0 Å². The number of ether oxygens (including phenoxy) is 26. The molecule has 0 spiro atoms. The van der Waals surface area contributed by atoms with Crippen LogP contribution in [-0.4, -0.2) is 633 Å². The van der Waals surface area contributed by atoms with Gasteiger partial charge in [-0.05, 0) is 0 Å². The highest BCUT2D eigenvalue weighted by Gasteiger charge is 2.65. The van der Waals surface area contributed by atoms with E-state index in [0.29, 0.717) is 0 Å². The van der Waals surface area contributed by atoms with E-state index in [1.54, 1.807) is 0 Å². The minimum absolute atomic E-state index is 1.11. The third-order valence-electron chi connectivity index (χ3n) is 26.4. The van der Waals surface area contributed by atoms with E-state index >= 15 is 0 Å². The standard InChI is InChI=1S/C76H122O62/c77-3-15-51-29(91)39(101)65(113-15)129-53-17(5-79)117-69(43(105)33(53)95)133-57-21(9-83)121-73(47(109)37(57)99)137-61-25(13-87)123-75(135-59-23(11-85)119-71(45(107)35(59)97)131-55-19(7-81)115-67(127-51)41(103)31(55)93)49(111)63(61)125-27(89)1-2-28(90)126-64-50(112)76-124-26(14-88)62(64)138-74-48(110)38(100)58(22(10-84)122-74)134-70-44(106)34(96)54(18(6-80)118-70)130-66-40(102)30(92)52(16(4-78)114-66)128-68-42(104)32(94)56(20(8-82)116-68)132-72-46(108)36(98)60(136-76)24(12-86)120-72/h15-26,29-88,91-112H,1-14H2/t15-,16-,17-,18-,19-,20-,21-,22-,23-,24-,25-,26-,29-,30-,31-,32-,33-,34-,35-,36-,37-,38-,39-,40-,41-,42-,43-,44-,45-,46-,47-,48-,49-,50-,51-,52-,53-,54-,55-,56-,57-,58-,59-,60-,61+,62+,63-,64-,65-,66-,67-,68-,69-,70-,71-,72-,73-,74-,75-,76-/m1/s1. The van der Waals surface area contributed by atoms with E-state index < -0.39 is 473 Å². The minimum Gasteiger partial charge on any atom is -0.456 e. The average Bonchev–Trinajstić information content (AvgIpc) is 0.758. The number of esters is 2. The molecule has 0 aliphatic carbocycles. The summed E-state index contributed by atoms with van der Waals surface area (Å²) < 4.78 is 151. The van der Waals surface area contributed by atoms with Crippen molar-refractivity contribution in [1.82, 2.24) is 0 Å². The summed E-state index contributed by atoms with van der Waals surface area (Å²) in [5.74, 6) is -3.33. The Bertz CT molecular complexity index is 3520. The molecule has 0 aromatic carbocycles. The summed E-state index contributed by atoms with van der Waals surface area (Å²) in [4.78, 5) is 29.4. The second kappa shape index (κ2) is 47.4. The largest absolute Gasteiger partial charge is 0.456 e. The maximum Gasteiger partial charge on any atom is 0.306 e. The van der Waals surface area contributed by atoms with Crippen LogP contribution in [0.3, 0.4) is 0 Å². The Morgan fingerprint density at radius 2 is 0.246 bits per heavy atom. The molecular formula is C76H122O62. The van der Waals surface area contributed by atoms with Gasteiger partial charge >= 0.3 is 11.9 Å². The minimum atomic E-state index is -2.65. The molecule has 44 heterocycles. The summed E-state index contributed by atoms with van der Waals surface area (Å²) in [7, 11) is 0. The first-order valence-corrected chi connectivity index (χ1v) is 44.2. The number of aliphatic hydroxyl groups excluding tert-OH is 34. The molecule has 0 saturated carbocycles. The van der Waals surface area contributed by atoms with E-state index in [1.165, 1.54) is 0 Å². The normalized spacial score (nSPS) is 53.5. The molecule has 60 atom stereocenters. The molecule has 0 unspecified atom stereocenters. The van der Waals surface area contributed by atoms with Crippen LogP contribution in [0.4, 0.5) is 0 Å². The number of carbonyl (C=O) groups excluding carboxylic acids is 2. The molecule has 138 heavy (non-hydrogen) atoms. The average molecular weight is 2030 g/mol.